The van der Waals surface area contributed by atoms with E-state index in [4.69, 9.17) is 5.73 Å². The summed E-state index contributed by atoms with van der Waals surface area (Å²) in [6.45, 7) is 0. The van der Waals surface area contributed by atoms with Crippen molar-refractivity contribution in [2.75, 3.05) is 5.75 Å². The number of nitrogens with two attached hydrogens (primary N) is 1. The van der Waals surface area contributed by atoms with E-state index in [2.05, 4.69) is 10.6 Å². The van der Waals surface area contributed by atoms with Gasteiger partial charge in [-0.15, -0.1) is 11.8 Å². The van der Waals surface area contributed by atoms with Crippen molar-refractivity contribution in [1.29, 1.82) is 0 Å². The molecule has 0 unspecified atom stereocenters. The molecule has 26 heavy (non-hydrogen) atoms. The molecule has 132 valence electrons. The second-order valence-corrected chi connectivity index (χ2v) is 7.27. The van der Waals surface area contributed by atoms with E-state index in [0.717, 1.165) is 11.8 Å². The van der Waals surface area contributed by atoms with Crippen LogP contribution in [-0.4, -0.2) is 46.6 Å². The van der Waals surface area contributed by atoms with Crippen molar-refractivity contribution in [3.63, 3.8) is 0 Å². The molecule has 0 saturated carbocycles. The fourth-order valence-corrected chi connectivity index (χ4v) is 4.82. The number of nitrogens with one attached hydrogen (secondary N) is 2. The third-order valence-corrected chi connectivity index (χ3v) is 5.94. The van der Waals surface area contributed by atoms with Crippen molar-refractivity contribution in [2.45, 2.75) is 18.0 Å². The minimum absolute atomic E-state index is 0.00502. The van der Waals surface area contributed by atoms with Crippen LogP contribution < -0.4 is 16.4 Å². The molecule has 9 heteroatoms. The van der Waals surface area contributed by atoms with Gasteiger partial charge < -0.3 is 16.4 Å². The van der Waals surface area contributed by atoms with Gasteiger partial charge in [0, 0.05) is 16.9 Å². The van der Waals surface area contributed by atoms with E-state index in [1.54, 1.807) is 18.2 Å². The molecule has 1 spiro atoms. The lowest BCUT2D eigenvalue weighted by Crippen LogP contribution is -2.71. The van der Waals surface area contributed by atoms with Crippen molar-refractivity contribution < 1.29 is 24.0 Å². The van der Waals surface area contributed by atoms with Crippen LogP contribution in [0.1, 0.15) is 27.1 Å². The van der Waals surface area contributed by atoms with Crippen LogP contribution in [0.2, 0.25) is 0 Å². The fraction of sp³-hybridized carbons (Fsp3) is 0.235. The Balaban J connectivity index is 1.77. The zero-order valence-electron chi connectivity index (χ0n) is 13.3. The quantitative estimate of drug-likeness (QED) is 0.629. The van der Waals surface area contributed by atoms with Crippen LogP contribution >= 0.6 is 11.8 Å². The van der Waals surface area contributed by atoms with E-state index in [0.29, 0.717) is 0 Å². The summed E-state index contributed by atoms with van der Waals surface area (Å²) in [5.74, 6) is -2.73. The summed E-state index contributed by atoms with van der Waals surface area (Å²) < 4.78 is 0. The molecule has 4 N–H and O–H groups in total. The Bertz CT molecular complexity index is 953. The Morgan fingerprint density at radius 2 is 1.81 bits per heavy atom. The first-order valence-corrected chi connectivity index (χ1v) is 8.81. The Morgan fingerprint density at radius 1 is 1.15 bits per heavy atom. The number of fused-ring (bicyclic) bond motifs is 2. The first-order valence-electron chi connectivity index (χ1n) is 7.82. The van der Waals surface area contributed by atoms with Gasteiger partial charge in [-0.2, -0.15) is 0 Å². The molecular formula is C17H13N3O5S. The van der Waals surface area contributed by atoms with Crippen molar-refractivity contribution >= 4 is 41.0 Å². The van der Waals surface area contributed by atoms with Crippen molar-refractivity contribution in [2.24, 2.45) is 5.73 Å². The van der Waals surface area contributed by atoms with Crippen LogP contribution in [-0.2, 0) is 14.4 Å². The molecule has 0 bridgehead atoms. The Labute approximate surface area is 151 Å². The summed E-state index contributed by atoms with van der Waals surface area (Å²) in [5, 5.41) is 5.03. The highest BCUT2D eigenvalue weighted by Crippen LogP contribution is 2.46. The summed E-state index contributed by atoms with van der Waals surface area (Å²) in [5.41, 5.74) is 3.96. The van der Waals surface area contributed by atoms with E-state index in [9.17, 15) is 24.0 Å². The number of carbonyl (C=O) groups excluding carboxylic acids is 5. The van der Waals surface area contributed by atoms with Crippen LogP contribution in [0.3, 0.4) is 0 Å². The number of ketones is 2. The number of Topliss-reactive ketones (excluding diaryl/α,β-unsaturated/α-hetero) is 2. The molecule has 1 aliphatic carbocycles. The molecule has 1 saturated heterocycles. The van der Waals surface area contributed by atoms with Gasteiger partial charge >= 0.3 is 0 Å². The maximum atomic E-state index is 13.0. The van der Waals surface area contributed by atoms with Gasteiger partial charge in [-0.3, -0.25) is 24.0 Å². The molecule has 1 aromatic carbocycles. The van der Waals surface area contributed by atoms with E-state index < -0.39 is 35.1 Å². The number of thioether (sulfide) groups is 1. The fourth-order valence-electron chi connectivity index (χ4n) is 3.45. The molecule has 2 aliphatic heterocycles. The van der Waals surface area contributed by atoms with Gasteiger partial charge in [0.1, 0.15) is 6.04 Å². The molecule has 1 fully saturated rings. The standard InChI is InChI=1S/C17H13N3O5S/c18-10(21)5-9-15(24)20-17(16(25)19-9)6-26-14-11(17)12(22)7-3-1-2-4-8(7)13(14)23/h1-4,9H,5-6H2,(H2,18,21)(H,19,25)(H,20,24)/t9-,17+/m0/s1. The second-order valence-electron chi connectivity index (χ2n) is 6.29. The van der Waals surface area contributed by atoms with Crippen molar-refractivity contribution in [3.05, 3.63) is 45.9 Å². The highest BCUT2D eigenvalue weighted by Gasteiger charge is 2.58. The average Bonchev–Trinajstić information content (AvgIpc) is 2.98. The van der Waals surface area contributed by atoms with E-state index in [-0.39, 0.29) is 39.6 Å². The predicted molar refractivity (Wildman–Crippen MR) is 91.2 cm³/mol. The summed E-state index contributed by atoms with van der Waals surface area (Å²) in [6.07, 6.45) is -0.345. The first-order chi connectivity index (χ1) is 12.3. The van der Waals surface area contributed by atoms with Gasteiger partial charge in [-0.25, -0.2) is 0 Å². The summed E-state index contributed by atoms with van der Waals surface area (Å²) in [6, 6.07) is 5.28. The zero-order chi connectivity index (χ0) is 18.6. The maximum absolute atomic E-state index is 13.0. The number of rotatable bonds is 2. The topological polar surface area (TPSA) is 135 Å². The summed E-state index contributed by atoms with van der Waals surface area (Å²) in [4.78, 5) is 62.1. The number of amides is 3. The monoisotopic (exact) mass is 371 g/mol. The highest BCUT2D eigenvalue weighted by molar-refractivity contribution is 8.04. The van der Waals surface area contributed by atoms with Gasteiger partial charge in [0.05, 0.1) is 16.9 Å². The number of hydrogen-bond donors (Lipinski definition) is 3. The van der Waals surface area contributed by atoms with Crippen LogP contribution in [0.15, 0.2) is 34.7 Å². The van der Waals surface area contributed by atoms with Gasteiger partial charge in [-0.05, 0) is 0 Å². The second kappa shape index (κ2) is 5.53. The van der Waals surface area contributed by atoms with E-state index in [1.165, 1.54) is 6.07 Å². The molecule has 3 amide bonds. The third kappa shape index (κ3) is 2.13. The Hall–Kier alpha value is -2.94. The number of primary amides is 1. The first kappa shape index (κ1) is 16.5. The number of allylic oxidation sites excluding steroid dienone is 1. The third-order valence-electron chi connectivity index (χ3n) is 4.69. The lowest BCUT2D eigenvalue weighted by atomic mass is 9.78. The summed E-state index contributed by atoms with van der Waals surface area (Å²) in [7, 11) is 0. The van der Waals surface area contributed by atoms with Crippen molar-refractivity contribution in [1.82, 2.24) is 10.6 Å². The Morgan fingerprint density at radius 3 is 2.46 bits per heavy atom. The number of piperazine rings is 1. The minimum atomic E-state index is -1.62. The molecule has 8 nitrogen and oxygen atoms in total. The lowest BCUT2D eigenvalue weighted by molar-refractivity contribution is -0.140. The van der Waals surface area contributed by atoms with Crippen LogP contribution in [0.4, 0.5) is 0 Å². The SMILES string of the molecule is NC(=O)C[C@@H]1NC(=O)[C@]2(CSC3=C2C(=O)c2ccccc2C3=O)NC1=O. The van der Waals surface area contributed by atoms with E-state index >= 15 is 0 Å². The number of hydrogen-bond acceptors (Lipinski definition) is 6. The van der Waals surface area contributed by atoms with Gasteiger partial charge in [0.25, 0.3) is 5.91 Å². The molecule has 1 aromatic rings. The normalized spacial score (nSPS) is 27.2. The molecule has 0 aromatic heterocycles. The molecule has 2 heterocycles. The van der Waals surface area contributed by atoms with Crippen LogP contribution in [0.25, 0.3) is 0 Å². The lowest BCUT2D eigenvalue weighted by Gasteiger charge is -2.38. The zero-order valence-corrected chi connectivity index (χ0v) is 14.1. The predicted octanol–water partition coefficient (Wildman–Crippen LogP) is -0.705. The molecule has 2 atom stereocenters. The van der Waals surface area contributed by atoms with Crippen LogP contribution in [0, 0.1) is 0 Å². The number of benzene rings is 1. The minimum Gasteiger partial charge on any atom is -0.370 e. The smallest absolute Gasteiger partial charge is 0.252 e. The van der Waals surface area contributed by atoms with E-state index in [1.807, 2.05) is 0 Å². The maximum Gasteiger partial charge on any atom is 0.252 e. The largest absolute Gasteiger partial charge is 0.370 e. The average molecular weight is 371 g/mol. The summed E-state index contributed by atoms with van der Waals surface area (Å²) >= 11 is 1.07. The van der Waals surface area contributed by atoms with Crippen LogP contribution in [0.5, 0.6) is 0 Å². The molecule has 4 rings (SSSR count). The van der Waals surface area contributed by atoms with Gasteiger partial charge in [0.15, 0.2) is 11.3 Å². The highest BCUT2D eigenvalue weighted by atomic mass is 32.2. The Kier molecular flexibility index (Phi) is 3.52. The van der Waals surface area contributed by atoms with Crippen molar-refractivity contribution in [3.8, 4) is 0 Å². The molecule has 0 radical (unpaired) electrons. The molecular weight excluding hydrogens is 358 g/mol. The van der Waals surface area contributed by atoms with Gasteiger partial charge in [-0.1, -0.05) is 24.3 Å². The molecule has 3 aliphatic rings. The number of carbonyl (C=O) groups is 5. The van der Waals surface area contributed by atoms with Gasteiger partial charge in [0.2, 0.25) is 17.6 Å².